The molecular weight excluding hydrogens is 224 g/mol. The van der Waals surface area contributed by atoms with Gasteiger partial charge in [-0.1, -0.05) is 0 Å². The van der Waals surface area contributed by atoms with Crippen LogP contribution in [0.4, 0.5) is 0 Å². The van der Waals surface area contributed by atoms with Gasteiger partial charge in [0.15, 0.2) is 5.11 Å². The maximum Gasteiger partial charge on any atom is 0.169 e. The minimum atomic E-state index is 0.418. The van der Waals surface area contributed by atoms with Gasteiger partial charge < -0.3 is 10.2 Å². The Bertz CT molecular complexity index is 357. The summed E-state index contributed by atoms with van der Waals surface area (Å²) in [5, 5.41) is 6.36. The minimum Gasteiger partial charge on any atom is -0.360 e. The molecule has 0 spiro atoms. The topological polar surface area (TPSA) is 15.3 Å². The molecule has 1 aliphatic heterocycles. The van der Waals surface area contributed by atoms with Crippen LogP contribution >= 0.6 is 23.6 Å². The van der Waals surface area contributed by atoms with E-state index >= 15 is 0 Å². The molecule has 2 heterocycles. The normalized spacial score (nSPS) is 15.3. The van der Waals surface area contributed by atoms with Crippen molar-refractivity contribution in [1.29, 1.82) is 0 Å². The molecule has 1 N–H and O–H groups in total. The first kappa shape index (κ1) is 10.9. The number of hydrogen-bond donors (Lipinski definition) is 1. The quantitative estimate of drug-likeness (QED) is 0.759. The van der Waals surface area contributed by atoms with E-state index in [2.05, 4.69) is 35.5 Å². The van der Waals surface area contributed by atoms with Crippen LogP contribution < -0.4 is 5.32 Å². The molecule has 0 saturated heterocycles. The van der Waals surface area contributed by atoms with Crippen LogP contribution in [0.3, 0.4) is 0 Å². The first-order valence-corrected chi connectivity index (χ1v) is 6.56. The summed E-state index contributed by atoms with van der Waals surface area (Å²) in [6.45, 7) is 6.25. The molecule has 0 fully saturated rings. The van der Waals surface area contributed by atoms with Crippen LogP contribution in [0.2, 0.25) is 0 Å². The van der Waals surface area contributed by atoms with E-state index in [1.807, 2.05) is 11.3 Å². The Hall–Kier alpha value is -0.610. The van der Waals surface area contributed by atoms with Crippen LogP contribution in [0, 0.1) is 0 Å². The van der Waals surface area contributed by atoms with Gasteiger partial charge in [0, 0.05) is 24.0 Å². The number of rotatable bonds is 1. The fraction of sp³-hybridized carbons (Fsp3) is 0.545. The highest BCUT2D eigenvalue weighted by molar-refractivity contribution is 7.80. The summed E-state index contributed by atoms with van der Waals surface area (Å²) < 4.78 is 0. The van der Waals surface area contributed by atoms with E-state index < -0.39 is 0 Å². The fourth-order valence-corrected chi connectivity index (χ4v) is 3.04. The van der Waals surface area contributed by atoms with Crippen LogP contribution in [0.1, 0.15) is 24.3 Å². The van der Waals surface area contributed by atoms with Crippen LogP contribution in [-0.4, -0.2) is 22.6 Å². The lowest BCUT2D eigenvalue weighted by atomic mass is 10.1. The smallest absolute Gasteiger partial charge is 0.169 e. The maximum absolute atomic E-state index is 5.37. The van der Waals surface area contributed by atoms with E-state index in [-0.39, 0.29) is 0 Å². The molecule has 1 aromatic rings. The van der Waals surface area contributed by atoms with Crippen LogP contribution in [0.25, 0.3) is 0 Å². The average Bonchev–Trinajstić information content (AvgIpc) is 2.62. The number of nitrogens with zero attached hydrogens (tertiary/aromatic N) is 1. The fourth-order valence-electron chi connectivity index (χ4n) is 1.76. The van der Waals surface area contributed by atoms with Crippen molar-refractivity contribution in [2.24, 2.45) is 0 Å². The second-order valence-corrected chi connectivity index (χ2v) is 5.53. The molecule has 0 amide bonds. The Morgan fingerprint density at radius 2 is 2.40 bits per heavy atom. The number of hydrogen-bond acceptors (Lipinski definition) is 2. The molecule has 1 aliphatic rings. The SMILES string of the molecule is CC(C)NC(=S)N1CCc2sccc2C1. The third-order valence-electron chi connectivity index (χ3n) is 2.51. The summed E-state index contributed by atoms with van der Waals surface area (Å²) in [4.78, 5) is 3.78. The third-order valence-corrected chi connectivity index (χ3v) is 3.91. The summed E-state index contributed by atoms with van der Waals surface area (Å²) in [6, 6.07) is 2.63. The van der Waals surface area contributed by atoms with Crippen molar-refractivity contribution in [3.8, 4) is 0 Å². The van der Waals surface area contributed by atoms with Crippen molar-refractivity contribution in [2.75, 3.05) is 6.54 Å². The molecule has 0 bridgehead atoms. The van der Waals surface area contributed by atoms with Gasteiger partial charge in [0.05, 0.1) is 0 Å². The molecule has 15 heavy (non-hydrogen) atoms. The van der Waals surface area contributed by atoms with E-state index in [1.54, 1.807) is 0 Å². The highest BCUT2D eigenvalue weighted by Crippen LogP contribution is 2.23. The molecule has 0 unspecified atom stereocenters. The van der Waals surface area contributed by atoms with Crippen LogP contribution in [0.5, 0.6) is 0 Å². The zero-order valence-corrected chi connectivity index (χ0v) is 10.8. The maximum atomic E-state index is 5.37. The second kappa shape index (κ2) is 4.49. The summed E-state index contributed by atoms with van der Waals surface area (Å²) >= 11 is 7.23. The van der Waals surface area contributed by atoms with Crippen molar-refractivity contribution in [3.63, 3.8) is 0 Å². The van der Waals surface area contributed by atoms with Gasteiger partial charge in [-0.2, -0.15) is 0 Å². The van der Waals surface area contributed by atoms with E-state index in [0.29, 0.717) is 6.04 Å². The third kappa shape index (κ3) is 2.49. The Morgan fingerprint density at radius 3 is 3.13 bits per heavy atom. The molecule has 0 radical (unpaired) electrons. The van der Waals surface area contributed by atoms with Crippen molar-refractivity contribution in [3.05, 3.63) is 21.9 Å². The molecule has 1 aromatic heterocycles. The zero-order valence-electron chi connectivity index (χ0n) is 9.12. The van der Waals surface area contributed by atoms with Crippen molar-refractivity contribution < 1.29 is 0 Å². The van der Waals surface area contributed by atoms with E-state index in [1.165, 1.54) is 10.4 Å². The van der Waals surface area contributed by atoms with Gasteiger partial charge in [-0.3, -0.25) is 0 Å². The molecule has 0 saturated carbocycles. The molecule has 2 nitrogen and oxygen atoms in total. The van der Waals surface area contributed by atoms with Gasteiger partial charge in [0.2, 0.25) is 0 Å². The standard InChI is InChI=1S/C11H16N2S2/c1-8(2)12-11(14)13-5-3-10-9(7-13)4-6-15-10/h4,6,8H,3,5,7H2,1-2H3,(H,12,14). The van der Waals surface area contributed by atoms with Gasteiger partial charge in [-0.25, -0.2) is 0 Å². The Balaban J connectivity index is 2.00. The molecule has 0 aliphatic carbocycles. The van der Waals surface area contributed by atoms with Crippen LogP contribution in [0.15, 0.2) is 11.4 Å². The van der Waals surface area contributed by atoms with Gasteiger partial charge in [-0.05, 0) is 49.5 Å². The zero-order chi connectivity index (χ0) is 10.8. The van der Waals surface area contributed by atoms with Gasteiger partial charge >= 0.3 is 0 Å². The Labute approximate surface area is 100 Å². The lowest BCUT2D eigenvalue weighted by Crippen LogP contribution is -2.44. The van der Waals surface area contributed by atoms with Crippen molar-refractivity contribution in [2.45, 2.75) is 32.9 Å². The molecular formula is C11H16N2S2. The lowest BCUT2D eigenvalue weighted by molar-refractivity contribution is 0.387. The summed E-state index contributed by atoms with van der Waals surface area (Å²) in [5.41, 5.74) is 1.44. The summed E-state index contributed by atoms with van der Waals surface area (Å²) in [7, 11) is 0. The monoisotopic (exact) mass is 240 g/mol. The van der Waals surface area contributed by atoms with E-state index in [9.17, 15) is 0 Å². The molecule has 0 atom stereocenters. The average molecular weight is 240 g/mol. The van der Waals surface area contributed by atoms with E-state index in [4.69, 9.17) is 12.2 Å². The molecule has 2 rings (SSSR count). The summed E-state index contributed by atoms with van der Waals surface area (Å²) in [6.07, 6.45) is 1.13. The van der Waals surface area contributed by atoms with Crippen molar-refractivity contribution >= 4 is 28.7 Å². The molecule has 4 heteroatoms. The highest BCUT2D eigenvalue weighted by atomic mass is 32.1. The first-order valence-electron chi connectivity index (χ1n) is 5.27. The minimum absolute atomic E-state index is 0.418. The number of thiocarbonyl (C=S) groups is 1. The number of thiophene rings is 1. The van der Waals surface area contributed by atoms with Gasteiger partial charge in [-0.15, -0.1) is 11.3 Å². The number of fused-ring (bicyclic) bond motifs is 1. The first-order chi connectivity index (χ1) is 7.16. The lowest BCUT2D eigenvalue weighted by Gasteiger charge is -2.30. The largest absolute Gasteiger partial charge is 0.360 e. The highest BCUT2D eigenvalue weighted by Gasteiger charge is 2.19. The molecule has 82 valence electrons. The number of nitrogens with one attached hydrogen (secondary N) is 1. The Kier molecular flexibility index (Phi) is 3.26. The van der Waals surface area contributed by atoms with Crippen molar-refractivity contribution in [1.82, 2.24) is 10.2 Å². The summed E-state index contributed by atoms with van der Waals surface area (Å²) in [5.74, 6) is 0. The predicted octanol–water partition coefficient (Wildman–Crippen LogP) is 2.39. The second-order valence-electron chi connectivity index (χ2n) is 4.14. The van der Waals surface area contributed by atoms with E-state index in [0.717, 1.165) is 24.6 Å². The predicted molar refractivity (Wildman–Crippen MR) is 69.3 cm³/mol. The van der Waals surface area contributed by atoms with Gasteiger partial charge in [0.1, 0.15) is 0 Å². The molecule has 0 aromatic carbocycles. The van der Waals surface area contributed by atoms with Gasteiger partial charge in [0.25, 0.3) is 0 Å². The van der Waals surface area contributed by atoms with Crippen LogP contribution in [-0.2, 0) is 13.0 Å². The Morgan fingerprint density at radius 1 is 1.60 bits per heavy atom.